The van der Waals surface area contributed by atoms with E-state index >= 15 is 0 Å². The molecule has 30 heavy (non-hydrogen) atoms. The molecule has 2 aromatic rings. The van der Waals surface area contributed by atoms with Crippen molar-refractivity contribution in [3.8, 4) is 0 Å². The van der Waals surface area contributed by atoms with Crippen LogP contribution in [0.4, 0.5) is 4.79 Å². The Bertz CT molecular complexity index is 937. The van der Waals surface area contributed by atoms with E-state index in [4.69, 9.17) is 21.4 Å². The third kappa shape index (κ3) is 4.87. The van der Waals surface area contributed by atoms with Gasteiger partial charge in [-0.15, -0.1) is 0 Å². The van der Waals surface area contributed by atoms with Gasteiger partial charge in [0.15, 0.2) is 5.96 Å². The number of hydrogen-bond donors (Lipinski definition) is 2. The second-order valence-electron chi connectivity index (χ2n) is 7.77. The summed E-state index contributed by atoms with van der Waals surface area (Å²) in [5.74, 6) is 0.812. The van der Waals surface area contributed by atoms with Crippen LogP contribution < -0.4 is 10.6 Å². The van der Waals surface area contributed by atoms with Crippen molar-refractivity contribution >= 4 is 23.7 Å². The topological polar surface area (TPSA) is 83.8 Å². The van der Waals surface area contributed by atoms with Crippen molar-refractivity contribution in [1.82, 2.24) is 25.3 Å². The predicted molar refractivity (Wildman–Crippen MR) is 115 cm³/mol. The molecule has 0 spiro atoms. The van der Waals surface area contributed by atoms with E-state index in [0.29, 0.717) is 18.1 Å². The summed E-state index contributed by atoms with van der Waals surface area (Å²) in [7, 11) is 0. The van der Waals surface area contributed by atoms with Gasteiger partial charge in [0.1, 0.15) is 6.61 Å². The van der Waals surface area contributed by atoms with Gasteiger partial charge in [0.2, 0.25) is 0 Å². The quantitative estimate of drug-likeness (QED) is 0.779. The minimum atomic E-state index is -0.320. The molecule has 2 aliphatic heterocycles. The Kier molecular flexibility index (Phi) is 6.13. The highest BCUT2D eigenvalue weighted by Gasteiger charge is 2.23. The highest BCUT2D eigenvalue weighted by atomic mass is 35.5. The van der Waals surface area contributed by atoms with Crippen LogP contribution in [-0.2, 0) is 24.4 Å². The molecule has 1 aromatic carbocycles. The molecule has 2 N–H and O–H groups in total. The maximum Gasteiger partial charge on any atom is 0.410 e. The first-order valence-electron chi connectivity index (χ1n) is 10.3. The van der Waals surface area contributed by atoms with Crippen LogP contribution in [0.5, 0.6) is 0 Å². The van der Waals surface area contributed by atoms with Crippen molar-refractivity contribution in [2.24, 2.45) is 4.99 Å². The number of fused-ring (bicyclic) bond motifs is 1. The van der Waals surface area contributed by atoms with Gasteiger partial charge in [-0.25, -0.2) is 4.79 Å². The zero-order chi connectivity index (χ0) is 21.1. The van der Waals surface area contributed by atoms with Crippen molar-refractivity contribution in [3.63, 3.8) is 0 Å². The summed E-state index contributed by atoms with van der Waals surface area (Å²) < 4.78 is 7.54. The summed E-state index contributed by atoms with van der Waals surface area (Å²) in [6.07, 6.45) is 0.509. The van der Waals surface area contributed by atoms with E-state index in [1.54, 1.807) is 4.90 Å². The molecule has 2 aliphatic rings. The van der Waals surface area contributed by atoms with E-state index in [0.717, 1.165) is 54.5 Å². The summed E-state index contributed by atoms with van der Waals surface area (Å²) in [4.78, 5) is 18.8. The maximum absolute atomic E-state index is 12.7. The minimum absolute atomic E-state index is 0.0280. The largest absolute Gasteiger partial charge is 0.445 e. The molecule has 1 amide bonds. The van der Waals surface area contributed by atoms with Crippen LogP contribution in [0.3, 0.4) is 0 Å². The predicted octanol–water partition coefficient (Wildman–Crippen LogP) is 3.00. The molecule has 3 heterocycles. The van der Waals surface area contributed by atoms with Crippen LogP contribution in [0, 0.1) is 6.92 Å². The summed E-state index contributed by atoms with van der Waals surface area (Å²) in [5.41, 5.74) is 3.87. The number of nitrogens with one attached hydrogen (secondary N) is 2. The molecule has 9 heteroatoms. The van der Waals surface area contributed by atoms with Crippen LogP contribution >= 0.6 is 11.6 Å². The molecule has 1 aromatic heterocycles. The molecular weight excluding hydrogens is 404 g/mol. The number of benzene rings is 1. The van der Waals surface area contributed by atoms with Crippen LogP contribution in [0.1, 0.15) is 41.9 Å². The van der Waals surface area contributed by atoms with Gasteiger partial charge < -0.3 is 20.3 Å². The normalized spacial score (nSPS) is 16.9. The van der Waals surface area contributed by atoms with E-state index in [9.17, 15) is 4.79 Å². The number of halogens is 1. The lowest BCUT2D eigenvalue weighted by molar-refractivity contribution is 0.0942. The standard InChI is InChI=1S/C21H27ClN6O2/c1-14-8-16(10-17(22)9-14)13-30-21(29)27-6-3-7-28-18(12-27)11-19(26-28)15(2)25-20-23-4-5-24-20/h8-11,15H,3-7,12-13H2,1-2H3,(H2,23,24,25). The second-order valence-corrected chi connectivity index (χ2v) is 8.21. The maximum atomic E-state index is 12.7. The second kappa shape index (κ2) is 8.95. The average Bonchev–Trinajstić information content (AvgIpc) is 3.31. The molecule has 160 valence electrons. The SMILES string of the molecule is Cc1cc(Cl)cc(COC(=O)N2CCCn3nc(C(C)NC4=NCCN4)cc3C2)c1. The number of aromatic nitrogens is 2. The zero-order valence-electron chi connectivity index (χ0n) is 17.3. The molecule has 1 unspecified atom stereocenters. The van der Waals surface area contributed by atoms with E-state index in [-0.39, 0.29) is 18.7 Å². The molecule has 0 radical (unpaired) electrons. The van der Waals surface area contributed by atoms with Gasteiger partial charge in [-0.05, 0) is 49.6 Å². The number of hydrogen-bond acceptors (Lipinski definition) is 6. The third-order valence-corrected chi connectivity index (χ3v) is 5.44. The fourth-order valence-electron chi connectivity index (χ4n) is 3.76. The Labute approximate surface area is 181 Å². The van der Waals surface area contributed by atoms with Crippen molar-refractivity contribution in [3.05, 3.63) is 51.8 Å². The number of rotatable bonds is 4. The smallest absolute Gasteiger partial charge is 0.410 e. The molecule has 0 bridgehead atoms. The van der Waals surface area contributed by atoms with Gasteiger partial charge in [0, 0.05) is 24.7 Å². The number of carbonyl (C=O) groups excluding carboxylic acids is 1. The molecule has 0 aliphatic carbocycles. The molecule has 4 rings (SSSR count). The molecule has 0 saturated carbocycles. The molecule has 0 fully saturated rings. The first kappa shape index (κ1) is 20.5. The number of nitrogens with zero attached hydrogens (tertiary/aromatic N) is 4. The van der Waals surface area contributed by atoms with Crippen LogP contribution in [0.15, 0.2) is 29.3 Å². The fourth-order valence-corrected chi connectivity index (χ4v) is 4.07. The van der Waals surface area contributed by atoms with Crippen molar-refractivity contribution in [2.75, 3.05) is 19.6 Å². The lowest BCUT2D eigenvalue weighted by Crippen LogP contribution is -2.35. The summed E-state index contributed by atoms with van der Waals surface area (Å²) in [6.45, 7) is 7.78. The van der Waals surface area contributed by atoms with Gasteiger partial charge in [-0.1, -0.05) is 17.7 Å². The van der Waals surface area contributed by atoms with E-state index in [2.05, 4.69) is 28.6 Å². The molecular formula is C21H27ClN6O2. The van der Waals surface area contributed by atoms with Crippen molar-refractivity contribution in [1.29, 1.82) is 0 Å². The van der Waals surface area contributed by atoms with Crippen LogP contribution in [-0.4, -0.2) is 46.4 Å². The Morgan fingerprint density at radius 2 is 2.20 bits per heavy atom. The lowest BCUT2D eigenvalue weighted by atomic mass is 10.1. The molecule has 0 saturated heterocycles. The van der Waals surface area contributed by atoms with E-state index in [1.165, 1.54) is 0 Å². The van der Waals surface area contributed by atoms with E-state index in [1.807, 2.05) is 29.8 Å². The number of aliphatic imine (C=N–C) groups is 1. The molecule has 8 nitrogen and oxygen atoms in total. The van der Waals surface area contributed by atoms with Gasteiger partial charge in [0.05, 0.1) is 30.5 Å². The zero-order valence-corrected chi connectivity index (χ0v) is 18.1. The number of amides is 1. The Morgan fingerprint density at radius 3 is 2.97 bits per heavy atom. The summed E-state index contributed by atoms with van der Waals surface area (Å²) in [6, 6.07) is 7.76. The van der Waals surface area contributed by atoms with Gasteiger partial charge in [-0.2, -0.15) is 5.10 Å². The van der Waals surface area contributed by atoms with Crippen molar-refractivity contribution < 1.29 is 9.53 Å². The number of ether oxygens (including phenoxy) is 1. The highest BCUT2D eigenvalue weighted by molar-refractivity contribution is 6.30. The summed E-state index contributed by atoms with van der Waals surface area (Å²) in [5, 5.41) is 11.9. The first-order valence-corrected chi connectivity index (χ1v) is 10.6. The van der Waals surface area contributed by atoms with Gasteiger partial charge in [0.25, 0.3) is 0 Å². The summed E-state index contributed by atoms with van der Waals surface area (Å²) >= 11 is 6.10. The average molecular weight is 431 g/mol. The van der Waals surface area contributed by atoms with Gasteiger partial charge >= 0.3 is 6.09 Å². The third-order valence-electron chi connectivity index (χ3n) is 5.23. The number of carbonyl (C=O) groups is 1. The lowest BCUT2D eigenvalue weighted by Gasteiger charge is -2.19. The van der Waals surface area contributed by atoms with E-state index < -0.39 is 0 Å². The first-order chi connectivity index (χ1) is 14.5. The van der Waals surface area contributed by atoms with Crippen LogP contribution in [0.2, 0.25) is 5.02 Å². The van der Waals surface area contributed by atoms with Crippen LogP contribution in [0.25, 0.3) is 0 Å². The Balaban J connectivity index is 1.38. The molecule has 1 atom stereocenters. The highest BCUT2D eigenvalue weighted by Crippen LogP contribution is 2.20. The number of guanidine groups is 1. The van der Waals surface area contributed by atoms with Gasteiger partial charge in [-0.3, -0.25) is 9.67 Å². The minimum Gasteiger partial charge on any atom is -0.445 e. The van der Waals surface area contributed by atoms with Crippen molar-refractivity contribution in [2.45, 2.75) is 46.0 Å². The Morgan fingerprint density at radius 1 is 1.33 bits per heavy atom. The monoisotopic (exact) mass is 430 g/mol. The number of aryl methyl sites for hydroxylation is 2. The Hall–Kier alpha value is -2.74. The fraction of sp³-hybridized carbons (Fsp3) is 0.476.